The van der Waals surface area contributed by atoms with Gasteiger partial charge >= 0.3 is 0 Å². The predicted octanol–water partition coefficient (Wildman–Crippen LogP) is 4.91. The number of hydrogen-bond acceptors (Lipinski definition) is 4. The lowest BCUT2D eigenvalue weighted by molar-refractivity contribution is 0.817. The normalized spacial score (nSPS) is 12.5. The second kappa shape index (κ2) is 7.44. The van der Waals surface area contributed by atoms with Gasteiger partial charge in [0.1, 0.15) is 0 Å². The standard InChI is InChI=1S/C13H10Cl6N4/c1-20-6-7-2-4-8(5-3-7)9-21-10(12(14,15)16)23-11(22-9)13(17,18)19/h2-5,20H,6H2,1H3. The smallest absolute Gasteiger partial charge is 0.250 e. The minimum atomic E-state index is -1.87. The van der Waals surface area contributed by atoms with E-state index < -0.39 is 7.59 Å². The van der Waals surface area contributed by atoms with E-state index in [1.54, 1.807) is 0 Å². The second-order valence-corrected chi connectivity index (χ2v) is 9.09. The molecule has 0 spiro atoms. The lowest BCUT2D eigenvalue weighted by atomic mass is 10.1. The van der Waals surface area contributed by atoms with Gasteiger partial charge in [-0.15, -0.1) is 0 Å². The number of nitrogens with zero attached hydrogens (tertiary/aromatic N) is 3. The van der Waals surface area contributed by atoms with Gasteiger partial charge in [-0.2, -0.15) is 0 Å². The zero-order chi connectivity index (χ0) is 17.3. The van der Waals surface area contributed by atoms with Gasteiger partial charge in [0.2, 0.25) is 7.59 Å². The van der Waals surface area contributed by atoms with Crippen LogP contribution < -0.4 is 5.32 Å². The van der Waals surface area contributed by atoms with Crippen molar-refractivity contribution in [3.8, 4) is 11.4 Å². The van der Waals surface area contributed by atoms with Gasteiger partial charge in [-0.25, -0.2) is 15.0 Å². The Morgan fingerprint density at radius 1 is 0.826 bits per heavy atom. The maximum atomic E-state index is 5.85. The summed E-state index contributed by atoms with van der Waals surface area (Å²) < 4.78 is -3.73. The average Bonchev–Trinajstić information content (AvgIpc) is 2.46. The summed E-state index contributed by atoms with van der Waals surface area (Å²) >= 11 is 35.1. The number of aromatic nitrogens is 3. The van der Waals surface area contributed by atoms with Crippen molar-refractivity contribution in [3.63, 3.8) is 0 Å². The van der Waals surface area contributed by atoms with Crippen LogP contribution in [0.15, 0.2) is 24.3 Å². The highest BCUT2D eigenvalue weighted by Gasteiger charge is 2.33. The van der Waals surface area contributed by atoms with Crippen LogP contribution >= 0.6 is 69.6 Å². The van der Waals surface area contributed by atoms with Gasteiger partial charge in [0.25, 0.3) is 0 Å². The van der Waals surface area contributed by atoms with Crippen LogP contribution in [0.1, 0.15) is 17.2 Å². The molecule has 124 valence electrons. The molecule has 0 bridgehead atoms. The van der Waals surface area contributed by atoms with E-state index in [0.717, 1.165) is 12.1 Å². The molecule has 0 unspecified atom stereocenters. The van der Waals surface area contributed by atoms with Crippen molar-refractivity contribution in [3.05, 3.63) is 41.5 Å². The van der Waals surface area contributed by atoms with Crippen LogP contribution in [0.4, 0.5) is 0 Å². The minimum Gasteiger partial charge on any atom is -0.316 e. The largest absolute Gasteiger partial charge is 0.316 e. The Morgan fingerprint density at radius 2 is 1.30 bits per heavy atom. The van der Waals surface area contributed by atoms with Gasteiger partial charge in [0.15, 0.2) is 17.5 Å². The summed E-state index contributed by atoms with van der Waals surface area (Å²) in [6.07, 6.45) is 0. The van der Waals surface area contributed by atoms with E-state index in [9.17, 15) is 0 Å². The van der Waals surface area contributed by atoms with Crippen LogP contribution in [0.3, 0.4) is 0 Å². The first-order valence-electron chi connectivity index (χ1n) is 6.25. The average molecular weight is 435 g/mol. The third-order valence-electron chi connectivity index (χ3n) is 2.74. The third kappa shape index (κ3) is 5.20. The van der Waals surface area contributed by atoms with Gasteiger partial charge in [0, 0.05) is 12.1 Å². The summed E-state index contributed by atoms with van der Waals surface area (Å²) in [5.74, 6) is 0.0138. The molecule has 0 aliphatic rings. The van der Waals surface area contributed by atoms with E-state index in [-0.39, 0.29) is 17.5 Å². The van der Waals surface area contributed by atoms with Gasteiger partial charge in [-0.3, -0.25) is 0 Å². The monoisotopic (exact) mass is 432 g/mol. The van der Waals surface area contributed by atoms with Crippen LogP contribution in [-0.4, -0.2) is 22.0 Å². The molecule has 0 radical (unpaired) electrons. The molecular weight excluding hydrogens is 425 g/mol. The SMILES string of the molecule is CNCc1ccc(-c2nc(C(Cl)(Cl)Cl)nc(C(Cl)(Cl)Cl)n2)cc1. The lowest BCUT2D eigenvalue weighted by Crippen LogP contribution is -2.16. The number of rotatable bonds is 3. The van der Waals surface area contributed by atoms with E-state index >= 15 is 0 Å². The Bertz CT molecular complexity index is 646. The van der Waals surface area contributed by atoms with Crippen molar-refractivity contribution in [2.45, 2.75) is 14.1 Å². The molecule has 0 aliphatic heterocycles. The number of benzene rings is 1. The van der Waals surface area contributed by atoms with Crippen molar-refractivity contribution in [1.82, 2.24) is 20.3 Å². The Hall–Kier alpha value is -0.0700. The van der Waals surface area contributed by atoms with E-state index in [1.807, 2.05) is 31.3 Å². The molecular formula is C13H10Cl6N4. The molecule has 0 saturated heterocycles. The van der Waals surface area contributed by atoms with Gasteiger partial charge in [0.05, 0.1) is 0 Å². The molecule has 0 aliphatic carbocycles. The quantitative estimate of drug-likeness (QED) is 0.697. The molecule has 1 N–H and O–H groups in total. The highest BCUT2D eigenvalue weighted by Crippen LogP contribution is 2.40. The molecule has 0 atom stereocenters. The molecule has 23 heavy (non-hydrogen) atoms. The van der Waals surface area contributed by atoms with Crippen molar-refractivity contribution in [2.24, 2.45) is 0 Å². The molecule has 0 saturated carbocycles. The van der Waals surface area contributed by atoms with Crippen LogP contribution in [0.25, 0.3) is 11.4 Å². The number of halogens is 6. The van der Waals surface area contributed by atoms with E-state index in [0.29, 0.717) is 5.56 Å². The van der Waals surface area contributed by atoms with E-state index in [2.05, 4.69) is 20.3 Å². The first kappa shape index (κ1) is 19.3. The molecule has 1 heterocycles. The van der Waals surface area contributed by atoms with Crippen LogP contribution in [0.2, 0.25) is 0 Å². The summed E-state index contributed by atoms with van der Waals surface area (Å²) in [4.78, 5) is 12.2. The van der Waals surface area contributed by atoms with E-state index in [4.69, 9.17) is 69.6 Å². The Morgan fingerprint density at radius 3 is 1.70 bits per heavy atom. The topological polar surface area (TPSA) is 50.7 Å². The number of nitrogens with one attached hydrogen (secondary N) is 1. The first-order chi connectivity index (χ1) is 10.6. The van der Waals surface area contributed by atoms with Crippen LogP contribution in [0, 0.1) is 0 Å². The van der Waals surface area contributed by atoms with Crippen molar-refractivity contribution >= 4 is 69.6 Å². The molecule has 0 fully saturated rings. The molecule has 0 amide bonds. The number of hydrogen-bond donors (Lipinski definition) is 1. The lowest BCUT2D eigenvalue weighted by Gasteiger charge is -2.15. The summed E-state index contributed by atoms with van der Waals surface area (Å²) in [5.41, 5.74) is 1.77. The zero-order valence-corrected chi connectivity index (χ0v) is 16.2. The minimum absolute atomic E-state index is 0.117. The summed E-state index contributed by atoms with van der Waals surface area (Å²) in [6.45, 7) is 0.732. The molecule has 4 nitrogen and oxygen atoms in total. The number of alkyl halides is 6. The van der Waals surface area contributed by atoms with Crippen LogP contribution in [-0.2, 0) is 14.1 Å². The maximum Gasteiger partial charge on any atom is 0.250 e. The Balaban J connectivity index is 2.52. The van der Waals surface area contributed by atoms with Crippen LogP contribution in [0.5, 0.6) is 0 Å². The molecule has 1 aromatic carbocycles. The highest BCUT2D eigenvalue weighted by molar-refractivity contribution is 6.67. The van der Waals surface area contributed by atoms with Crippen molar-refractivity contribution < 1.29 is 0 Å². The zero-order valence-electron chi connectivity index (χ0n) is 11.6. The maximum absolute atomic E-state index is 5.85. The van der Waals surface area contributed by atoms with Crippen molar-refractivity contribution in [1.29, 1.82) is 0 Å². The summed E-state index contributed by atoms with van der Waals surface area (Å²) in [6, 6.07) is 7.48. The van der Waals surface area contributed by atoms with E-state index in [1.165, 1.54) is 0 Å². The first-order valence-corrected chi connectivity index (χ1v) is 8.52. The molecule has 2 rings (SSSR count). The third-order valence-corrected chi connectivity index (χ3v) is 3.75. The van der Waals surface area contributed by atoms with Crippen molar-refractivity contribution in [2.75, 3.05) is 7.05 Å². The Labute approximate surface area is 163 Å². The molecule has 10 heteroatoms. The highest BCUT2D eigenvalue weighted by atomic mass is 35.6. The molecule has 2 aromatic rings. The van der Waals surface area contributed by atoms with Gasteiger partial charge in [-0.1, -0.05) is 93.9 Å². The fourth-order valence-corrected chi connectivity index (χ4v) is 2.24. The molecule has 1 aromatic heterocycles. The Kier molecular flexibility index (Phi) is 6.23. The van der Waals surface area contributed by atoms with Gasteiger partial charge < -0.3 is 5.32 Å². The van der Waals surface area contributed by atoms with Gasteiger partial charge in [-0.05, 0) is 12.6 Å². The second-order valence-electron chi connectivity index (χ2n) is 4.53. The fraction of sp³-hybridized carbons (Fsp3) is 0.308. The summed E-state index contributed by atoms with van der Waals surface area (Å²) in [7, 11) is 1.86. The summed E-state index contributed by atoms with van der Waals surface area (Å²) in [5, 5.41) is 3.06. The fourth-order valence-electron chi connectivity index (χ4n) is 1.73. The predicted molar refractivity (Wildman–Crippen MR) is 96.5 cm³/mol.